The van der Waals surface area contributed by atoms with Crippen molar-refractivity contribution in [2.75, 3.05) is 13.2 Å². The van der Waals surface area contributed by atoms with Gasteiger partial charge in [-0.25, -0.2) is 14.4 Å². The number of benzene rings is 2. The van der Waals surface area contributed by atoms with E-state index in [-0.39, 0.29) is 40.3 Å². The van der Waals surface area contributed by atoms with Crippen molar-refractivity contribution < 1.29 is 37.0 Å². The van der Waals surface area contributed by atoms with Crippen molar-refractivity contribution >= 4 is 22.8 Å². The van der Waals surface area contributed by atoms with E-state index in [1.54, 1.807) is 0 Å². The van der Waals surface area contributed by atoms with E-state index in [9.17, 15) is 37.1 Å². The third-order valence-corrected chi connectivity index (χ3v) is 6.97. The third-order valence-electron chi connectivity index (χ3n) is 6.97. The fourth-order valence-corrected chi connectivity index (χ4v) is 4.43. The number of hydrogen-bond acceptors (Lipinski definition) is 7. The number of hydrogen-bond donors (Lipinski definition) is 4. The first kappa shape index (κ1) is 27.7. The lowest BCUT2D eigenvalue weighted by Crippen LogP contribution is -2.51. The molecule has 10 nitrogen and oxygen atoms in total. The fourth-order valence-electron chi connectivity index (χ4n) is 4.43. The summed E-state index contributed by atoms with van der Waals surface area (Å²) in [6.07, 6.45) is -4.34. The van der Waals surface area contributed by atoms with Crippen LogP contribution in [0.2, 0.25) is 0 Å². The number of aliphatic hydroxyl groups is 1. The van der Waals surface area contributed by atoms with Gasteiger partial charge in [0, 0.05) is 16.7 Å². The van der Waals surface area contributed by atoms with Crippen LogP contribution in [-0.2, 0) is 15.8 Å². The van der Waals surface area contributed by atoms with Gasteiger partial charge in [0.2, 0.25) is 11.5 Å². The number of fused-ring (bicyclic) bond motifs is 2. The van der Waals surface area contributed by atoms with Crippen LogP contribution in [0.4, 0.5) is 17.6 Å². The highest BCUT2D eigenvalue weighted by atomic mass is 19.4. The smallest absolute Gasteiger partial charge is 0.424 e. The minimum absolute atomic E-state index is 0.0472. The van der Waals surface area contributed by atoms with Gasteiger partial charge >= 0.3 is 6.18 Å². The molecule has 0 saturated heterocycles. The molecule has 5 N–H and O–H groups in total. The van der Waals surface area contributed by atoms with Gasteiger partial charge in [-0.15, -0.1) is 0 Å². The number of nitrogens with two attached hydrogens (primary N) is 1. The molecule has 2 aromatic heterocycles. The van der Waals surface area contributed by atoms with E-state index in [1.807, 2.05) is 0 Å². The average molecular weight is 571 g/mol. The maximum absolute atomic E-state index is 14.5. The van der Waals surface area contributed by atoms with Crippen molar-refractivity contribution in [1.82, 2.24) is 20.3 Å². The minimum Gasteiger partial charge on any atom is -0.489 e. The Morgan fingerprint density at radius 2 is 1.88 bits per heavy atom. The van der Waals surface area contributed by atoms with E-state index in [1.165, 1.54) is 37.3 Å². The second kappa shape index (κ2) is 9.66. The molecular formula is C27H21F4N5O5. The van der Waals surface area contributed by atoms with Crippen LogP contribution in [-0.4, -0.2) is 51.2 Å². The van der Waals surface area contributed by atoms with Crippen molar-refractivity contribution in [2.24, 2.45) is 5.73 Å². The highest BCUT2D eigenvalue weighted by Gasteiger charge is 2.57. The number of amides is 2. The Kier molecular flexibility index (Phi) is 6.53. The molecule has 1 aliphatic rings. The van der Waals surface area contributed by atoms with Crippen LogP contribution in [0.3, 0.4) is 0 Å². The molecule has 2 amide bonds. The number of rotatable bonds is 6. The molecule has 0 bridgehead atoms. The molecule has 0 spiro atoms. The molecule has 41 heavy (non-hydrogen) atoms. The SMILES string of the molecule is C[C@]1(C(N)=O)COc2c1cc(C(O)(CNC(=O)c1ccc3ncc(=O)[nH]c3c1)C(F)(F)F)nc2-c1ccc(F)cc1. The number of pyridine rings is 1. The number of carbonyl (C=O) groups excluding carboxylic acids is 2. The zero-order valence-corrected chi connectivity index (χ0v) is 21.2. The zero-order chi connectivity index (χ0) is 29.7. The number of primary amides is 1. The van der Waals surface area contributed by atoms with E-state index < -0.39 is 52.6 Å². The Morgan fingerprint density at radius 1 is 1.17 bits per heavy atom. The lowest BCUT2D eigenvalue weighted by atomic mass is 9.81. The summed E-state index contributed by atoms with van der Waals surface area (Å²) in [5, 5.41) is 13.2. The number of nitrogens with one attached hydrogen (secondary N) is 2. The van der Waals surface area contributed by atoms with Crippen LogP contribution in [0.25, 0.3) is 22.3 Å². The van der Waals surface area contributed by atoms with Crippen LogP contribution in [0.1, 0.15) is 28.5 Å². The van der Waals surface area contributed by atoms with Gasteiger partial charge < -0.3 is 25.9 Å². The number of aromatic amines is 1. The molecule has 212 valence electrons. The Labute approximate surface area is 228 Å². The number of nitrogens with zero attached hydrogens (tertiary/aromatic N) is 2. The molecule has 1 aliphatic heterocycles. The lowest BCUT2D eigenvalue weighted by molar-refractivity contribution is -0.265. The molecular weight excluding hydrogens is 550 g/mol. The largest absolute Gasteiger partial charge is 0.489 e. The van der Waals surface area contributed by atoms with Crippen molar-refractivity contribution in [1.29, 1.82) is 0 Å². The summed E-state index contributed by atoms with van der Waals surface area (Å²) in [7, 11) is 0. The predicted molar refractivity (Wildman–Crippen MR) is 136 cm³/mol. The fraction of sp³-hybridized carbons (Fsp3) is 0.222. The van der Waals surface area contributed by atoms with Crippen LogP contribution in [0, 0.1) is 5.82 Å². The summed E-state index contributed by atoms with van der Waals surface area (Å²) in [5.41, 5.74) is -0.986. The molecule has 14 heteroatoms. The third kappa shape index (κ3) is 4.75. The summed E-state index contributed by atoms with van der Waals surface area (Å²) in [6.45, 7) is -0.316. The van der Waals surface area contributed by atoms with Gasteiger partial charge in [-0.1, -0.05) is 0 Å². The maximum atomic E-state index is 14.5. The number of ether oxygens (including phenoxy) is 1. The number of aromatic nitrogens is 3. The molecule has 0 aliphatic carbocycles. The Morgan fingerprint density at radius 3 is 2.54 bits per heavy atom. The molecule has 2 aromatic carbocycles. The van der Waals surface area contributed by atoms with E-state index in [4.69, 9.17) is 10.5 Å². The van der Waals surface area contributed by atoms with Crippen molar-refractivity contribution in [2.45, 2.75) is 24.1 Å². The Bertz CT molecular complexity index is 1760. The van der Waals surface area contributed by atoms with E-state index in [2.05, 4.69) is 20.3 Å². The molecule has 0 fully saturated rings. The summed E-state index contributed by atoms with van der Waals surface area (Å²) in [4.78, 5) is 47.1. The second-order valence-electron chi connectivity index (χ2n) is 9.74. The van der Waals surface area contributed by atoms with Crippen LogP contribution < -0.4 is 21.3 Å². The molecule has 3 heterocycles. The number of halogens is 4. The van der Waals surface area contributed by atoms with E-state index >= 15 is 0 Å². The van der Waals surface area contributed by atoms with Gasteiger partial charge in [-0.05, 0) is 55.5 Å². The van der Waals surface area contributed by atoms with Gasteiger partial charge in [-0.2, -0.15) is 13.2 Å². The molecule has 2 atom stereocenters. The van der Waals surface area contributed by atoms with E-state index in [0.717, 1.165) is 24.4 Å². The Balaban J connectivity index is 1.58. The molecule has 1 unspecified atom stereocenters. The van der Waals surface area contributed by atoms with Gasteiger partial charge in [0.05, 0.1) is 29.5 Å². The maximum Gasteiger partial charge on any atom is 0.424 e. The Hall–Kier alpha value is -4.85. The van der Waals surface area contributed by atoms with Crippen molar-refractivity contribution in [3.63, 3.8) is 0 Å². The zero-order valence-electron chi connectivity index (χ0n) is 21.2. The molecule has 0 saturated carbocycles. The topological polar surface area (TPSA) is 160 Å². The highest BCUT2D eigenvalue weighted by Crippen LogP contribution is 2.47. The van der Waals surface area contributed by atoms with Gasteiger partial charge in [-0.3, -0.25) is 14.4 Å². The monoisotopic (exact) mass is 571 g/mol. The second-order valence-corrected chi connectivity index (χ2v) is 9.74. The summed E-state index contributed by atoms with van der Waals surface area (Å²) < 4.78 is 62.8. The van der Waals surface area contributed by atoms with Crippen LogP contribution in [0.5, 0.6) is 5.75 Å². The van der Waals surface area contributed by atoms with Crippen LogP contribution in [0.15, 0.2) is 59.5 Å². The minimum atomic E-state index is -5.37. The number of alkyl halides is 3. The predicted octanol–water partition coefficient (Wildman–Crippen LogP) is 2.44. The first-order valence-electron chi connectivity index (χ1n) is 12.0. The number of H-pyrrole nitrogens is 1. The highest BCUT2D eigenvalue weighted by molar-refractivity contribution is 5.97. The van der Waals surface area contributed by atoms with Crippen molar-refractivity contribution in [3.05, 3.63) is 87.7 Å². The summed E-state index contributed by atoms with van der Waals surface area (Å²) >= 11 is 0. The summed E-state index contributed by atoms with van der Waals surface area (Å²) in [6, 6.07) is 9.37. The van der Waals surface area contributed by atoms with Gasteiger partial charge in [0.25, 0.3) is 11.5 Å². The first-order valence-corrected chi connectivity index (χ1v) is 12.0. The molecule has 4 aromatic rings. The van der Waals surface area contributed by atoms with E-state index in [0.29, 0.717) is 5.52 Å². The standard InChI is InChI=1S/C27H21F4N5O5/c1-25(24(32)39)12-41-22-16(25)9-19(36-21(22)13-2-5-15(28)6-3-13)26(40,27(29,30)31)11-34-23(38)14-4-7-17-18(8-14)35-20(37)10-33-17/h2-10,40H,11-12H2,1H3,(H2,32,39)(H,34,38)(H,35,37)/t25-,26?/m0/s1. The quantitative estimate of drug-likeness (QED) is 0.259. The van der Waals surface area contributed by atoms with Gasteiger partial charge in [0.1, 0.15) is 29.3 Å². The summed E-state index contributed by atoms with van der Waals surface area (Å²) in [5.74, 6) is -2.56. The average Bonchev–Trinajstić information content (AvgIpc) is 3.28. The molecule has 5 rings (SSSR count). The van der Waals surface area contributed by atoms with Crippen molar-refractivity contribution in [3.8, 4) is 17.0 Å². The van der Waals surface area contributed by atoms with Crippen LogP contribution >= 0.6 is 0 Å². The number of carbonyl (C=O) groups is 2. The molecule has 0 radical (unpaired) electrons. The van der Waals surface area contributed by atoms with Gasteiger partial charge in [0.15, 0.2) is 0 Å². The normalized spacial score (nSPS) is 17.9. The first-order chi connectivity index (χ1) is 19.2. The lowest BCUT2D eigenvalue weighted by Gasteiger charge is -2.31.